The molecule has 1 rings (SSSR count). The van der Waals surface area contributed by atoms with Gasteiger partial charge in [0.05, 0.1) is 6.54 Å². The van der Waals surface area contributed by atoms with Crippen molar-refractivity contribution >= 4 is 17.8 Å². The summed E-state index contributed by atoms with van der Waals surface area (Å²) in [5, 5.41) is 14.0. The van der Waals surface area contributed by atoms with Crippen LogP contribution in [0.15, 0.2) is 30.3 Å². The van der Waals surface area contributed by atoms with Gasteiger partial charge in [-0.05, 0) is 18.1 Å². The van der Waals surface area contributed by atoms with Gasteiger partial charge in [0.25, 0.3) is 5.91 Å². The zero-order valence-electron chi connectivity index (χ0n) is 12.1. The van der Waals surface area contributed by atoms with Crippen LogP contribution in [0, 0.1) is 5.92 Å². The standard InChI is InChI=1S/C15H20N2O4/c1-3-10(2)13(15(20)21)17-12(18)9-16-14(19)11-7-5-4-6-8-11/h4-8,10,13H,3,9H2,1-2H3,(H,16,19)(H,17,18)(H,20,21)/t10-,13-/m1/s1. The molecule has 1 aromatic rings. The van der Waals surface area contributed by atoms with Gasteiger partial charge < -0.3 is 15.7 Å². The third-order valence-electron chi connectivity index (χ3n) is 3.24. The Morgan fingerprint density at radius 3 is 2.33 bits per heavy atom. The Morgan fingerprint density at radius 2 is 1.81 bits per heavy atom. The van der Waals surface area contributed by atoms with Gasteiger partial charge in [0.1, 0.15) is 6.04 Å². The summed E-state index contributed by atoms with van der Waals surface area (Å²) >= 11 is 0. The summed E-state index contributed by atoms with van der Waals surface area (Å²) in [6.45, 7) is 3.35. The van der Waals surface area contributed by atoms with Crippen molar-refractivity contribution in [2.45, 2.75) is 26.3 Å². The van der Waals surface area contributed by atoms with Crippen molar-refractivity contribution in [3.8, 4) is 0 Å². The van der Waals surface area contributed by atoms with Crippen molar-refractivity contribution in [3.05, 3.63) is 35.9 Å². The predicted octanol–water partition coefficient (Wildman–Crippen LogP) is 1.03. The minimum atomic E-state index is -1.08. The quantitative estimate of drug-likeness (QED) is 0.699. The number of carbonyl (C=O) groups excluding carboxylic acids is 2. The van der Waals surface area contributed by atoms with E-state index >= 15 is 0 Å². The number of hydrogen-bond donors (Lipinski definition) is 3. The number of aliphatic carboxylic acids is 1. The average molecular weight is 292 g/mol. The molecule has 0 bridgehead atoms. The van der Waals surface area contributed by atoms with Gasteiger partial charge in [-0.1, -0.05) is 38.5 Å². The minimum Gasteiger partial charge on any atom is -0.480 e. The smallest absolute Gasteiger partial charge is 0.326 e. The summed E-state index contributed by atoms with van der Waals surface area (Å²) in [5.74, 6) is -2.16. The van der Waals surface area contributed by atoms with Gasteiger partial charge in [0.15, 0.2) is 0 Å². The second-order valence-corrected chi connectivity index (χ2v) is 4.82. The normalized spacial score (nSPS) is 13.0. The molecule has 2 amide bonds. The number of benzene rings is 1. The number of rotatable bonds is 7. The number of carbonyl (C=O) groups is 3. The first-order chi connectivity index (χ1) is 9.95. The molecule has 6 heteroatoms. The van der Waals surface area contributed by atoms with Gasteiger partial charge >= 0.3 is 5.97 Å². The Balaban J connectivity index is 2.50. The van der Waals surface area contributed by atoms with Gasteiger partial charge in [-0.25, -0.2) is 4.79 Å². The Hall–Kier alpha value is -2.37. The first-order valence-corrected chi connectivity index (χ1v) is 6.81. The first-order valence-electron chi connectivity index (χ1n) is 6.81. The third kappa shape index (κ3) is 5.25. The van der Waals surface area contributed by atoms with E-state index in [0.29, 0.717) is 12.0 Å². The van der Waals surface area contributed by atoms with Crippen LogP contribution in [0.2, 0.25) is 0 Å². The summed E-state index contributed by atoms with van der Waals surface area (Å²) in [6.07, 6.45) is 0.633. The lowest BCUT2D eigenvalue weighted by atomic mass is 9.99. The van der Waals surface area contributed by atoms with Gasteiger partial charge in [-0.2, -0.15) is 0 Å². The van der Waals surface area contributed by atoms with Gasteiger partial charge in [0, 0.05) is 5.56 Å². The largest absolute Gasteiger partial charge is 0.480 e. The van der Waals surface area contributed by atoms with E-state index in [1.165, 1.54) is 0 Å². The van der Waals surface area contributed by atoms with Crippen molar-refractivity contribution in [3.63, 3.8) is 0 Å². The monoisotopic (exact) mass is 292 g/mol. The Bertz CT molecular complexity index is 502. The van der Waals surface area contributed by atoms with Crippen LogP contribution in [0.25, 0.3) is 0 Å². The van der Waals surface area contributed by atoms with Crippen LogP contribution < -0.4 is 10.6 Å². The van der Waals surface area contributed by atoms with Crippen LogP contribution in [-0.2, 0) is 9.59 Å². The molecule has 0 unspecified atom stereocenters. The summed E-state index contributed by atoms with van der Waals surface area (Å²) in [5.41, 5.74) is 0.446. The highest BCUT2D eigenvalue weighted by atomic mass is 16.4. The fourth-order valence-electron chi connectivity index (χ4n) is 1.76. The second kappa shape index (κ2) is 8.04. The highest BCUT2D eigenvalue weighted by Gasteiger charge is 2.25. The summed E-state index contributed by atoms with van der Waals surface area (Å²) in [6, 6.07) is 7.54. The van der Waals surface area contributed by atoms with Gasteiger partial charge in [-0.3, -0.25) is 9.59 Å². The van der Waals surface area contributed by atoms with Crippen molar-refractivity contribution < 1.29 is 19.5 Å². The summed E-state index contributed by atoms with van der Waals surface area (Å²) < 4.78 is 0. The van der Waals surface area contributed by atoms with Gasteiger partial charge in [0.2, 0.25) is 5.91 Å². The molecule has 0 radical (unpaired) electrons. The Labute approximate surface area is 123 Å². The molecule has 0 heterocycles. The van der Waals surface area contributed by atoms with Crippen LogP contribution in [0.1, 0.15) is 30.6 Å². The molecule has 0 saturated carbocycles. The van der Waals surface area contributed by atoms with E-state index < -0.39 is 17.9 Å². The maximum absolute atomic E-state index is 11.8. The van der Waals surface area contributed by atoms with E-state index in [2.05, 4.69) is 10.6 Å². The SMILES string of the molecule is CC[C@@H](C)[C@@H](NC(=O)CNC(=O)c1ccccc1)C(=O)O. The molecule has 0 saturated heterocycles. The minimum absolute atomic E-state index is 0.184. The number of nitrogens with one attached hydrogen (secondary N) is 2. The molecule has 0 aliphatic carbocycles. The van der Waals surface area contributed by atoms with E-state index in [9.17, 15) is 14.4 Å². The van der Waals surface area contributed by atoms with Gasteiger partial charge in [-0.15, -0.1) is 0 Å². The molecule has 0 spiro atoms. The third-order valence-corrected chi connectivity index (χ3v) is 3.24. The zero-order chi connectivity index (χ0) is 15.8. The van der Waals surface area contributed by atoms with E-state index in [1.54, 1.807) is 37.3 Å². The molecule has 0 aliphatic heterocycles. The lowest BCUT2D eigenvalue weighted by Gasteiger charge is -2.20. The lowest BCUT2D eigenvalue weighted by Crippen LogP contribution is -2.48. The van der Waals surface area contributed by atoms with E-state index in [0.717, 1.165) is 0 Å². The molecular weight excluding hydrogens is 272 g/mol. The highest BCUT2D eigenvalue weighted by Crippen LogP contribution is 2.07. The number of carboxylic acids is 1. The van der Waals surface area contributed by atoms with Crippen molar-refractivity contribution in [1.29, 1.82) is 0 Å². The molecule has 114 valence electrons. The van der Waals surface area contributed by atoms with E-state index in [1.807, 2.05) is 6.92 Å². The fraction of sp³-hybridized carbons (Fsp3) is 0.400. The van der Waals surface area contributed by atoms with E-state index in [4.69, 9.17) is 5.11 Å². The lowest BCUT2D eigenvalue weighted by molar-refractivity contribution is -0.143. The number of amides is 2. The summed E-state index contributed by atoms with van der Waals surface area (Å²) in [7, 11) is 0. The second-order valence-electron chi connectivity index (χ2n) is 4.82. The Morgan fingerprint density at radius 1 is 1.19 bits per heavy atom. The zero-order valence-corrected chi connectivity index (χ0v) is 12.1. The molecule has 1 aromatic carbocycles. The Kier molecular flexibility index (Phi) is 6.39. The topological polar surface area (TPSA) is 95.5 Å². The molecular formula is C15H20N2O4. The average Bonchev–Trinajstić information content (AvgIpc) is 2.50. The van der Waals surface area contributed by atoms with Crippen LogP contribution in [-0.4, -0.2) is 35.5 Å². The van der Waals surface area contributed by atoms with Crippen molar-refractivity contribution in [1.82, 2.24) is 10.6 Å². The van der Waals surface area contributed by atoms with E-state index in [-0.39, 0.29) is 18.4 Å². The fourth-order valence-corrected chi connectivity index (χ4v) is 1.76. The molecule has 0 fully saturated rings. The van der Waals surface area contributed by atoms with Crippen LogP contribution >= 0.6 is 0 Å². The maximum atomic E-state index is 11.8. The molecule has 2 atom stereocenters. The number of carboxylic acid groups (broad SMARTS) is 1. The number of hydrogen-bond acceptors (Lipinski definition) is 3. The van der Waals surface area contributed by atoms with Crippen molar-refractivity contribution in [2.24, 2.45) is 5.92 Å². The maximum Gasteiger partial charge on any atom is 0.326 e. The highest BCUT2D eigenvalue weighted by molar-refractivity contribution is 5.96. The molecule has 0 aliphatic rings. The predicted molar refractivity (Wildman–Crippen MR) is 77.8 cm³/mol. The molecule has 3 N–H and O–H groups in total. The van der Waals surface area contributed by atoms with Crippen LogP contribution in [0.4, 0.5) is 0 Å². The molecule has 0 aromatic heterocycles. The first kappa shape index (κ1) is 16.7. The van der Waals surface area contributed by atoms with Crippen LogP contribution in [0.5, 0.6) is 0 Å². The summed E-state index contributed by atoms with van der Waals surface area (Å²) in [4.78, 5) is 34.6. The van der Waals surface area contributed by atoms with Crippen LogP contribution in [0.3, 0.4) is 0 Å². The molecule has 6 nitrogen and oxygen atoms in total. The van der Waals surface area contributed by atoms with Crippen molar-refractivity contribution in [2.75, 3.05) is 6.54 Å². The molecule has 21 heavy (non-hydrogen) atoms.